The van der Waals surface area contributed by atoms with Gasteiger partial charge in [-0.25, -0.2) is 9.97 Å². The minimum atomic E-state index is -0.267. The van der Waals surface area contributed by atoms with Crippen molar-refractivity contribution in [2.45, 2.75) is 19.8 Å². The van der Waals surface area contributed by atoms with Gasteiger partial charge in [0.1, 0.15) is 11.4 Å². The van der Waals surface area contributed by atoms with Gasteiger partial charge in [0.05, 0.1) is 12.5 Å². The Kier molecular flexibility index (Phi) is 7.06. The summed E-state index contributed by atoms with van der Waals surface area (Å²) in [6.07, 6.45) is 3.19. The van der Waals surface area contributed by atoms with E-state index < -0.39 is 0 Å². The minimum absolute atomic E-state index is 0.109. The molecule has 0 spiro atoms. The van der Waals surface area contributed by atoms with Crippen LogP contribution in [0.3, 0.4) is 0 Å². The van der Waals surface area contributed by atoms with Gasteiger partial charge < -0.3 is 14.5 Å². The van der Waals surface area contributed by atoms with Crippen LogP contribution in [0, 0.1) is 5.92 Å². The first-order valence-corrected chi connectivity index (χ1v) is 12.0. The molecule has 1 aromatic carbocycles. The van der Waals surface area contributed by atoms with Gasteiger partial charge in [0, 0.05) is 49.4 Å². The van der Waals surface area contributed by atoms with Crippen molar-refractivity contribution >= 4 is 29.5 Å². The van der Waals surface area contributed by atoms with Gasteiger partial charge in [0.25, 0.3) is 5.91 Å². The number of nitrogens with zero attached hydrogens (tertiary/aromatic N) is 4. The van der Waals surface area contributed by atoms with E-state index in [-0.39, 0.29) is 17.8 Å². The van der Waals surface area contributed by atoms with E-state index in [2.05, 4.69) is 9.88 Å². The van der Waals surface area contributed by atoms with Crippen molar-refractivity contribution < 1.29 is 14.3 Å². The normalized spacial score (nSPS) is 19.2. The highest BCUT2D eigenvalue weighted by molar-refractivity contribution is 7.99. The molecule has 2 aliphatic rings. The molecule has 0 aliphatic carbocycles. The Morgan fingerprint density at radius 1 is 1.16 bits per heavy atom. The Labute approximate surface area is 187 Å². The lowest BCUT2D eigenvalue weighted by atomic mass is 9.97. The first-order chi connectivity index (χ1) is 15.2. The van der Waals surface area contributed by atoms with Crippen LogP contribution in [0.1, 0.15) is 30.1 Å². The summed E-state index contributed by atoms with van der Waals surface area (Å²) in [5.41, 5.74) is 1.44. The number of carbonyl (C=O) groups excluding carboxylic acids is 2. The van der Waals surface area contributed by atoms with Gasteiger partial charge in [0.15, 0.2) is 5.82 Å². The molecule has 1 aromatic heterocycles. The molecular formula is C23H28N4O3S. The number of thioether (sulfide) groups is 1. The number of anilines is 1. The zero-order valence-electron chi connectivity index (χ0n) is 17.8. The Morgan fingerprint density at radius 2 is 1.94 bits per heavy atom. The summed E-state index contributed by atoms with van der Waals surface area (Å²) in [4.78, 5) is 39.0. The lowest BCUT2D eigenvalue weighted by Gasteiger charge is -2.33. The first kappa shape index (κ1) is 21.6. The van der Waals surface area contributed by atoms with Gasteiger partial charge in [-0.15, -0.1) is 0 Å². The van der Waals surface area contributed by atoms with E-state index in [9.17, 15) is 9.59 Å². The maximum atomic E-state index is 13.5. The van der Waals surface area contributed by atoms with E-state index >= 15 is 0 Å². The molecule has 31 heavy (non-hydrogen) atoms. The SMILES string of the molecule is CCOC(=O)C1CCCN(C(=O)c2cnc(-c3ccccc3)nc2N2CCSCC2)C1. The van der Waals surface area contributed by atoms with Crippen molar-refractivity contribution in [1.82, 2.24) is 14.9 Å². The topological polar surface area (TPSA) is 75.6 Å². The molecule has 1 amide bonds. The lowest BCUT2D eigenvalue weighted by molar-refractivity contribution is -0.149. The predicted octanol–water partition coefficient (Wildman–Crippen LogP) is 3.11. The molecule has 2 aromatic rings. The number of likely N-dealkylation sites (tertiary alicyclic amines) is 1. The van der Waals surface area contributed by atoms with E-state index in [0.717, 1.165) is 43.0 Å². The maximum Gasteiger partial charge on any atom is 0.310 e. The lowest BCUT2D eigenvalue weighted by Crippen LogP contribution is -2.44. The van der Waals surface area contributed by atoms with Crippen LogP contribution in [0.4, 0.5) is 5.82 Å². The van der Waals surface area contributed by atoms with Crippen LogP contribution in [-0.2, 0) is 9.53 Å². The fourth-order valence-corrected chi connectivity index (χ4v) is 4.95. The van der Waals surface area contributed by atoms with Crippen LogP contribution >= 0.6 is 11.8 Å². The molecule has 8 heteroatoms. The average molecular weight is 441 g/mol. The monoisotopic (exact) mass is 440 g/mol. The zero-order chi connectivity index (χ0) is 21.6. The maximum absolute atomic E-state index is 13.5. The number of piperidine rings is 1. The predicted molar refractivity (Wildman–Crippen MR) is 122 cm³/mol. The van der Waals surface area contributed by atoms with Gasteiger partial charge in [-0.1, -0.05) is 30.3 Å². The summed E-state index contributed by atoms with van der Waals surface area (Å²) >= 11 is 1.91. The summed E-state index contributed by atoms with van der Waals surface area (Å²) in [5.74, 6) is 2.73. The molecule has 4 rings (SSSR count). The van der Waals surface area contributed by atoms with Crippen molar-refractivity contribution in [3.8, 4) is 11.4 Å². The minimum Gasteiger partial charge on any atom is -0.466 e. The molecule has 3 heterocycles. The van der Waals surface area contributed by atoms with E-state index in [0.29, 0.717) is 36.9 Å². The summed E-state index contributed by atoms with van der Waals surface area (Å²) in [6.45, 7) is 4.87. The number of rotatable bonds is 5. The van der Waals surface area contributed by atoms with Crippen LogP contribution in [0.5, 0.6) is 0 Å². The van der Waals surface area contributed by atoms with Crippen LogP contribution in [-0.4, -0.2) is 71.0 Å². The van der Waals surface area contributed by atoms with Crippen molar-refractivity contribution in [1.29, 1.82) is 0 Å². The third kappa shape index (κ3) is 5.01. The van der Waals surface area contributed by atoms with Crippen LogP contribution in [0.25, 0.3) is 11.4 Å². The summed E-state index contributed by atoms with van der Waals surface area (Å²) < 4.78 is 5.19. The van der Waals surface area contributed by atoms with E-state index in [1.807, 2.05) is 42.1 Å². The third-order valence-electron chi connectivity index (χ3n) is 5.67. The number of aromatic nitrogens is 2. The molecule has 7 nitrogen and oxygen atoms in total. The first-order valence-electron chi connectivity index (χ1n) is 10.9. The van der Waals surface area contributed by atoms with Gasteiger partial charge in [-0.05, 0) is 19.8 Å². The molecule has 1 atom stereocenters. The van der Waals surface area contributed by atoms with Gasteiger partial charge in [0.2, 0.25) is 0 Å². The summed E-state index contributed by atoms with van der Waals surface area (Å²) in [6, 6.07) is 9.82. The van der Waals surface area contributed by atoms with Crippen LogP contribution in [0.15, 0.2) is 36.5 Å². The molecule has 0 bridgehead atoms. The molecule has 0 saturated carbocycles. The standard InChI is InChI=1S/C23H28N4O3S/c1-2-30-23(29)18-9-6-10-27(16-18)22(28)19-15-24-20(17-7-4-3-5-8-17)25-21(19)26-11-13-31-14-12-26/h3-5,7-8,15,18H,2,6,9-14,16H2,1H3. The second-order valence-corrected chi connectivity index (χ2v) is 8.96. The number of hydrogen-bond donors (Lipinski definition) is 0. The Balaban J connectivity index is 1.63. The number of benzene rings is 1. The van der Waals surface area contributed by atoms with E-state index in [4.69, 9.17) is 9.72 Å². The summed E-state index contributed by atoms with van der Waals surface area (Å²) in [7, 11) is 0. The van der Waals surface area contributed by atoms with Crippen LogP contribution < -0.4 is 4.90 Å². The van der Waals surface area contributed by atoms with Crippen molar-refractivity contribution in [3.05, 3.63) is 42.1 Å². The van der Waals surface area contributed by atoms with Gasteiger partial charge >= 0.3 is 5.97 Å². The summed E-state index contributed by atoms with van der Waals surface area (Å²) in [5, 5.41) is 0. The molecule has 2 saturated heterocycles. The Bertz CT molecular complexity index is 918. The van der Waals surface area contributed by atoms with Gasteiger partial charge in [-0.2, -0.15) is 11.8 Å². The molecule has 2 fully saturated rings. The Hall–Kier alpha value is -2.61. The largest absolute Gasteiger partial charge is 0.466 e. The fraction of sp³-hybridized carbons (Fsp3) is 0.478. The quantitative estimate of drug-likeness (QED) is 0.661. The molecular weight excluding hydrogens is 412 g/mol. The van der Waals surface area contributed by atoms with E-state index in [1.165, 1.54) is 0 Å². The highest BCUT2D eigenvalue weighted by atomic mass is 32.2. The highest BCUT2D eigenvalue weighted by Gasteiger charge is 2.32. The van der Waals surface area contributed by atoms with Crippen molar-refractivity contribution in [2.75, 3.05) is 49.2 Å². The van der Waals surface area contributed by atoms with Crippen LogP contribution in [0.2, 0.25) is 0 Å². The number of carbonyl (C=O) groups is 2. The second kappa shape index (κ2) is 10.1. The average Bonchev–Trinajstić information content (AvgIpc) is 2.84. The zero-order valence-corrected chi connectivity index (χ0v) is 18.6. The molecule has 0 N–H and O–H groups in total. The fourth-order valence-electron chi connectivity index (χ4n) is 4.05. The number of amides is 1. The smallest absolute Gasteiger partial charge is 0.310 e. The molecule has 0 radical (unpaired) electrons. The Morgan fingerprint density at radius 3 is 2.68 bits per heavy atom. The number of ether oxygens (including phenoxy) is 1. The highest BCUT2D eigenvalue weighted by Crippen LogP contribution is 2.27. The second-order valence-electron chi connectivity index (χ2n) is 7.74. The molecule has 164 valence electrons. The number of esters is 1. The van der Waals surface area contributed by atoms with Crippen molar-refractivity contribution in [2.24, 2.45) is 5.92 Å². The van der Waals surface area contributed by atoms with Crippen molar-refractivity contribution in [3.63, 3.8) is 0 Å². The molecule has 2 aliphatic heterocycles. The molecule has 1 unspecified atom stereocenters. The number of hydrogen-bond acceptors (Lipinski definition) is 7. The van der Waals surface area contributed by atoms with E-state index in [1.54, 1.807) is 18.0 Å². The third-order valence-corrected chi connectivity index (χ3v) is 6.61. The van der Waals surface area contributed by atoms with Gasteiger partial charge in [-0.3, -0.25) is 9.59 Å².